The second kappa shape index (κ2) is 6.69. The average Bonchev–Trinajstić information content (AvgIpc) is 2.45. The van der Waals surface area contributed by atoms with Crippen LogP contribution in [0.15, 0.2) is 36.5 Å². The number of aliphatic hydroxyl groups excluding tert-OH is 1. The monoisotopic (exact) mass is 271 g/mol. The van der Waals surface area contributed by atoms with E-state index >= 15 is 0 Å². The first-order chi connectivity index (χ1) is 9.70. The van der Waals surface area contributed by atoms with Crippen molar-refractivity contribution in [3.8, 4) is 17.6 Å². The van der Waals surface area contributed by atoms with Crippen molar-refractivity contribution in [1.29, 1.82) is 0 Å². The summed E-state index contributed by atoms with van der Waals surface area (Å²) in [5.74, 6) is 4.88. The number of benzene rings is 1. The van der Waals surface area contributed by atoms with E-state index in [2.05, 4.69) is 16.8 Å². The first-order valence-corrected chi connectivity index (χ1v) is 6.13. The zero-order valence-electron chi connectivity index (χ0n) is 11.1. The van der Waals surface area contributed by atoms with E-state index in [1.807, 2.05) is 19.1 Å². The third-order valence-electron chi connectivity index (χ3n) is 2.74. The summed E-state index contributed by atoms with van der Waals surface area (Å²) in [5.41, 5.74) is 2.08. The predicted molar refractivity (Wildman–Crippen MR) is 73.7 cm³/mol. The van der Waals surface area contributed by atoms with E-state index in [0.717, 1.165) is 11.3 Å². The number of hydrogen-bond acceptors (Lipinski definition) is 3. The van der Waals surface area contributed by atoms with Crippen LogP contribution in [0.5, 0.6) is 5.75 Å². The van der Waals surface area contributed by atoms with Crippen molar-refractivity contribution in [2.75, 3.05) is 6.61 Å². The van der Waals surface area contributed by atoms with Gasteiger partial charge in [-0.25, -0.2) is 4.39 Å². The summed E-state index contributed by atoms with van der Waals surface area (Å²) < 4.78 is 19.2. The zero-order valence-corrected chi connectivity index (χ0v) is 11.1. The van der Waals surface area contributed by atoms with Crippen LogP contribution in [0.1, 0.15) is 16.8 Å². The third-order valence-corrected chi connectivity index (χ3v) is 2.74. The maximum atomic E-state index is 13.7. The van der Waals surface area contributed by atoms with Crippen molar-refractivity contribution in [2.24, 2.45) is 0 Å². The highest BCUT2D eigenvalue weighted by Gasteiger charge is 2.04. The van der Waals surface area contributed by atoms with Crippen LogP contribution in [-0.4, -0.2) is 16.7 Å². The van der Waals surface area contributed by atoms with Crippen LogP contribution in [0.3, 0.4) is 0 Å². The van der Waals surface area contributed by atoms with Crippen LogP contribution in [0.2, 0.25) is 0 Å². The highest BCUT2D eigenvalue weighted by Crippen LogP contribution is 2.17. The molecule has 1 N–H and O–H groups in total. The lowest BCUT2D eigenvalue weighted by Crippen LogP contribution is -2.01. The molecule has 0 fully saturated rings. The van der Waals surface area contributed by atoms with Gasteiger partial charge in [0, 0.05) is 12.3 Å². The van der Waals surface area contributed by atoms with Gasteiger partial charge in [-0.15, -0.1) is 0 Å². The second-order valence-electron chi connectivity index (χ2n) is 4.16. The fourth-order valence-electron chi connectivity index (χ4n) is 1.64. The van der Waals surface area contributed by atoms with Gasteiger partial charge >= 0.3 is 0 Å². The number of pyridine rings is 1. The molecule has 1 aromatic carbocycles. The summed E-state index contributed by atoms with van der Waals surface area (Å²) in [4.78, 5) is 4.20. The summed E-state index contributed by atoms with van der Waals surface area (Å²) in [6.45, 7) is 1.93. The average molecular weight is 271 g/mol. The lowest BCUT2D eigenvalue weighted by atomic mass is 10.2. The van der Waals surface area contributed by atoms with Crippen molar-refractivity contribution in [3.05, 3.63) is 59.2 Å². The molecule has 0 saturated heterocycles. The van der Waals surface area contributed by atoms with Crippen molar-refractivity contribution in [3.63, 3.8) is 0 Å². The highest BCUT2D eigenvalue weighted by atomic mass is 19.1. The van der Waals surface area contributed by atoms with Gasteiger partial charge < -0.3 is 9.84 Å². The number of hydrogen-bond donors (Lipinski definition) is 1. The van der Waals surface area contributed by atoms with E-state index in [4.69, 9.17) is 9.84 Å². The third kappa shape index (κ3) is 3.56. The standard InChI is InChI=1S/C16H14FNO2/c1-12-4-2-8-18-16(12)11-20-14-7-6-13(5-3-9-19)15(17)10-14/h2,4,6-8,10,19H,9,11H2,1H3. The minimum atomic E-state index is -0.471. The van der Waals surface area contributed by atoms with Gasteiger partial charge in [-0.1, -0.05) is 17.9 Å². The molecule has 102 valence electrons. The molecule has 20 heavy (non-hydrogen) atoms. The van der Waals surface area contributed by atoms with Gasteiger partial charge in [0.15, 0.2) is 0 Å². The van der Waals surface area contributed by atoms with Crippen molar-refractivity contribution < 1.29 is 14.2 Å². The summed E-state index contributed by atoms with van der Waals surface area (Å²) >= 11 is 0. The zero-order chi connectivity index (χ0) is 14.4. The van der Waals surface area contributed by atoms with Crippen LogP contribution >= 0.6 is 0 Å². The number of ether oxygens (including phenoxy) is 1. The molecule has 0 saturated carbocycles. The lowest BCUT2D eigenvalue weighted by molar-refractivity contribution is 0.299. The molecule has 0 spiro atoms. The van der Waals surface area contributed by atoms with E-state index in [1.54, 1.807) is 12.3 Å². The van der Waals surface area contributed by atoms with E-state index in [1.165, 1.54) is 12.1 Å². The minimum absolute atomic E-state index is 0.236. The Morgan fingerprint density at radius 2 is 2.20 bits per heavy atom. The van der Waals surface area contributed by atoms with Crippen LogP contribution in [0, 0.1) is 24.6 Å². The van der Waals surface area contributed by atoms with E-state index in [-0.39, 0.29) is 18.8 Å². The van der Waals surface area contributed by atoms with Crippen LogP contribution < -0.4 is 4.74 Å². The van der Waals surface area contributed by atoms with Gasteiger partial charge in [-0.2, -0.15) is 0 Å². The smallest absolute Gasteiger partial charge is 0.142 e. The van der Waals surface area contributed by atoms with E-state index in [0.29, 0.717) is 5.75 Å². The molecule has 0 amide bonds. The van der Waals surface area contributed by atoms with E-state index in [9.17, 15) is 4.39 Å². The molecule has 0 aliphatic carbocycles. The molecule has 0 atom stereocenters. The molecule has 1 aromatic heterocycles. The molecular formula is C16H14FNO2. The number of halogens is 1. The fourth-order valence-corrected chi connectivity index (χ4v) is 1.64. The molecule has 0 aliphatic rings. The molecule has 2 rings (SSSR count). The van der Waals surface area contributed by atoms with Gasteiger partial charge in [0.05, 0.1) is 11.3 Å². The summed E-state index contributed by atoms with van der Waals surface area (Å²) in [6, 6.07) is 8.24. The van der Waals surface area contributed by atoms with Crippen molar-refractivity contribution in [2.45, 2.75) is 13.5 Å². The normalized spacial score (nSPS) is 9.75. The van der Waals surface area contributed by atoms with E-state index < -0.39 is 5.82 Å². The fraction of sp³-hybridized carbons (Fsp3) is 0.188. The maximum absolute atomic E-state index is 13.7. The Hall–Kier alpha value is -2.38. The topological polar surface area (TPSA) is 42.4 Å². The van der Waals surface area contributed by atoms with Gasteiger partial charge in [-0.05, 0) is 30.7 Å². The largest absolute Gasteiger partial charge is 0.487 e. The summed E-state index contributed by atoms with van der Waals surface area (Å²) in [5, 5.41) is 8.58. The number of aromatic nitrogens is 1. The Morgan fingerprint density at radius 3 is 2.90 bits per heavy atom. The molecule has 0 radical (unpaired) electrons. The van der Waals surface area contributed by atoms with Crippen molar-refractivity contribution >= 4 is 0 Å². The summed E-state index contributed by atoms with van der Waals surface area (Å²) in [7, 11) is 0. The molecule has 0 aliphatic heterocycles. The van der Waals surface area contributed by atoms with Gasteiger partial charge in [-0.3, -0.25) is 4.98 Å². The Balaban J connectivity index is 2.08. The Kier molecular flexibility index (Phi) is 4.70. The van der Waals surface area contributed by atoms with Gasteiger partial charge in [0.25, 0.3) is 0 Å². The highest BCUT2D eigenvalue weighted by molar-refractivity contribution is 5.39. The van der Waals surface area contributed by atoms with Gasteiger partial charge in [0.1, 0.15) is 24.8 Å². The van der Waals surface area contributed by atoms with Crippen LogP contribution in [0.25, 0.3) is 0 Å². The Morgan fingerprint density at radius 1 is 1.35 bits per heavy atom. The Labute approximate surface area is 117 Å². The summed E-state index contributed by atoms with van der Waals surface area (Å²) in [6.07, 6.45) is 1.69. The van der Waals surface area contributed by atoms with Crippen LogP contribution in [-0.2, 0) is 6.61 Å². The molecule has 2 aromatic rings. The van der Waals surface area contributed by atoms with Gasteiger partial charge in [0.2, 0.25) is 0 Å². The molecule has 3 nitrogen and oxygen atoms in total. The Bertz CT molecular complexity index is 659. The number of rotatable bonds is 3. The lowest BCUT2D eigenvalue weighted by Gasteiger charge is -2.08. The number of nitrogens with zero attached hydrogens (tertiary/aromatic N) is 1. The quantitative estimate of drug-likeness (QED) is 0.872. The first kappa shape index (κ1) is 14.0. The molecule has 4 heteroatoms. The first-order valence-electron chi connectivity index (χ1n) is 6.13. The number of aryl methyl sites for hydroxylation is 1. The molecule has 0 bridgehead atoms. The molecular weight excluding hydrogens is 257 g/mol. The SMILES string of the molecule is Cc1cccnc1COc1ccc(C#CCO)c(F)c1. The minimum Gasteiger partial charge on any atom is -0.487 e. The number of aliphatic hydroxyl groups is 1. The molecule has 1 heterocycles. The molecule has 0 unspecified atom stereocenters. The second-order valence-corrected chi connectivity index (χ2v) is 4.16. The predicted octanol–water partition coefficient (Wildman–Crippen LogP) is 2.45. The maximum Gasteiger partial charge on any atom is 0.142 e. The van der Waals surface area contributed by atoms with Crippen LogP contribution in [0.4, 0.5) is 4.39 Å². The van der Waals surface area contributed by atoms with Crippen molar-refractivity contribution in [1.82, 2.24) is 4.98 Å².